The third-order valence-electron chi connectivity index (χ3n) is 7.57. The van der Waals surface area contributed by atoms with Gasteiger partial charge in [0.1, 0.15) is 9.90 Å². The molecule has 6 rings (SSSR count). The van der Waals surface area contributed by atoms with Gasteiger partial charge in [-0.2, -0.15) is 0 Å². The first-order chi connectivity index (χ1) is 21.4. The number of amides is 1. The predicted octanol–water partition coefficient (Wildman–Crippen LogP) is 7.79. The Morgan fingerprint density at radius 2 is 1.39 bits per heavy atom. The van der Waals surface area contributed by atoms with Crippen molar-refractivity contribution < 1.29 is 13.2 Å². The normalized spacial score (nSPS) is 11.8. The number of carbonyl (C=O) groups excluding carboxylic acids is 1. The SMILES string of the molecule is Cc1c(C(=O)NCCSC(c2ccccc2)(c2ccccc2)c2ccccc2)[nH]c2c(NS(=O)(=O)c3cccs3)cccc12. The number of hydrogen-bond acceptors (Lipinski definition) is 5. The third-order valence-corrected chi connectivity index (χ3v) is 11.9. The molecule has 0 bridgehead atoms. The number of aryl methyl sites for hydroxylation is 1. The van der Waals surface area contributed by atoms with E-state index in [9.17, 15) is 13.2 Å². The zero-order valence-corrected chi connectivity index (χ0v) is 26.4. The molecule has 0 atom stereocenters. The number of fused-ring (bicyclic) bond motifs is 1. The van der Waals surface area contributed by atoms with E-state index in [0.717, 1.165) is 39.0 Å². The second kappa shape index (κ2) is 12.7. The van der Waals surface area contributed by atoms with E-state index in [2.05, 4.69) is 87.8 Å². The molecule has 44 heavy (non-hydrogen) atoms. The number of aromatic nitrogens is 1. The highest BCUT2D eigenvalue weighted by molar-refractivity contribution is 8.00. The number of thiophene rings is 1. The van der Waals surface area contributed by atoms with Crippen molar-refractivity contribution in [2.45, 2.75) is 15.9 Å². The van der Waals surface area contributed by atoms with Crippen molar-refractivity contribution in [3.05, 3.63) is 155 Å². The summed E-state index contributed by atoms with van der Waals surface area (Å²) in [6.45, 7) is 2.30. The van der Waals surface area contributed by atoms with Crippen molar-refractivity contribution in [1.82, 2.24) is 10.3 Å². The summed E-state index contributed by atoms with van der Waals surface area (Å²) >= 11 is 2.93. The third kappa shape index (κ3) is 5.78. The molecule has 4 aromatic carbocycles. The lowest BCUT2D eigenvalue weighted by molar-refractivity contribution is 0.0951. The van der Waals surface area contributed by atoms with Crippen LogP contribution in [0.2, 0.25) is 0 Å². The van der Waals surface area contributed by atoms with Crippen LogP contribution in [-0.4, -0.2) is 31.6 Å². The van der Waals surface area contributed by atoms with Crippen LogP contribution in [0.25, 0.3) is 10.9 Å². The average molecular weight is 638 g/mol. The smallest absolute Gasteiger partial charge is 0.271 e. The van der Waals surface area contributed by atoms with Gasteiger partial charge in [0.15, 0.2) is 0 Å². The van der Waals surface area contributed by atoms with Gasteiger partial charge in [-0.15, -0.1) is 23.1 Å². The van der Waals surface area contributed by atoms with Crippen LogP contribution in [0.15, 0.2) is 131 Å². The number of nitrogens with one attached hydrogen (secondary N) is 3. The summed E-state index contributed by atoms with van der Waals surface area (Å²) in [5.74, 6) is 0.409. The van der Waals surface area contributed by atoms with Gasteiger partial charge in [0.25, 0.3) is 15.9 Å². The maximum atomic E-state index is 13.5. The Balaban J connectivity index is 1.24. The fraction of sp³-hybridized carbons (Fsp3) is 0.114. The van der Waals surface area contributed by atoms with E-state index in [-0.39, 0.29) is 10.1 Å². The summed E-state index contributed by atoms with van der Waals surface area (Å²) in [6.07, 6.45) is 0. The zero-order chi connectivity index (χ0) is 30.6. The zero-order valence-electron chi connectivity index (χ0n) is 24.0. The summed E-state index contributed by atoms with van der Waals surface area (Å²) in [6, 6.07) is 40.0. The highest BCUT2D eigenvalue weighted by Gasteiger charge is 2.36. The van der Waals surface area contributed by atoms with Gasteiger partial charge in [-0.25, -0.2) is 8.42 Å². The summed E-state index contributed by atoms with van der Waals surface area (Å²) in [7, 11) is -3.74. The molecule has 0 aliphatic heterocycles. The lowest BCUT2D eigenvalue weighted by atomic mass is 9.84. The maximum absolute atomic E-state index is 13.5. The molecule has 0 radical (unpaired) electrons. The van der Waals surface area contributed by atoms with Crippen molar-refractivity contribution in [3.8, 4) is 0 Å². The molecule has 0 aliphatic carbocycles. The number of rotatable bonds is 11. The molecule has 6 aromatic rings. The molecule has 0 fully saturated rings. The molecule has 222 valence electrons. The minimum absolute atomic E-state index is 0.228. The monoisotopic (exact) mass is 637 g/mol. The topological polar surface area (TPSA) is 91.1 Å². The number of sulfonamides is 1. The molecule has 0 saturated heterocycles. The first-order valence-electron chi connectivity index (χ1n) is 14.2. The largest absolute Gasteiger partial charge is 0.350 e. The lowest BCUT2D eigenvalue weighted by Crippen LogP contribution is -2.30. The molecular weight excluding hydrogens is 607 g/mol. The number of hydrogen-bond donors (Lipinski definition) is 3. The highest BCUT2D eigenvalue weighted by Crippen LogP contribution is 2.48. The summed E-state index contributed by atoms with van der Waals surface area (Å²) in [5, 5.41) is 5.59. The van der Waals surface area contributed by atoms with Gasteiger partial charge >= 0.3 is 0 Å². The Bertz CT molecular complexity index is 1880. The van der Waals surface area contributed by atoms with Gasteiger partial charge in [-0.1, -0.05) is 109 Å². The van der Waals surface area contributed by atoms with Crippen molar-refractivity contribution >= 4 is 55.6 Å². The quantitative estimate of drug-likeness (QED) is 0.0999. The van der Waals surface area contributed by atoms with Crippen LogP contribution in [0, 0.1) is 6.92 Å². The number of H-pyrrole nitrogens is 1. The second-order valence-electron chi connectivity index (χ2n) is 10.3. The minimum Gasteiger partial charge on any atom is -0.350 e. The van der Waals surface area contributed by atoms with E-state index in [1.807, 2.05) is 31.2 Å². The molecule has 6 nitrogen and oxygen atoms in total. The number of anilines is 1. The van der Waals surface area contributed by atoms with E-state index in [0.29, 0.717) is 29.2 Å². The molecule has 0 saturated carbocycles. The van der Waals surface area contributed by atoms with E-state index in [1.165, 1.54) is 0 Å². The van der Waals surface area contributed by atoms with E-state index >= 15 is 0 Å². The molecule has 9 heteroatoms. The van der Waals surface area contributed by atoms with Gasteiger partial charge < -0.3 is 10.3 Å². The van der Waals surface area contributed by atoms with Gasteiger partial charge in [0, 0.05) is 17.7 Å². The van der Waals surface area contributed by atoms with Gasteiger partial charge in [-0.05, 0) is 46.7 Å². The molecule has 2 aromatic heterocycles. The molecule has 0 aliphatic rings. The highest BCUT2D eigenvalue weighted by atomic mass is 32.2. The van der Waals surface area contributed by atoms with Crippen LogP contribution in [-0.2, 0) is 14.8 Å². The number of para-hydroxylation sites is 1. The minimum atomic E-state index is -3.74. The van der Waals surface area contributed by atoms with Crippen molar-refractivity contribution in [1.29, 1.82) is 0 Å². The molecule has 0 unspecified atom stereocenters. The Labute approximate surface area is 265 Å². The Morgan fingerprint density at radius 3 is 1.93 bits per heavy atom. The van der Waals surface area contributed by atoms with E-state index in [1.54, 1.807) is 41.4 Å². The van der Waals surface area contributed by atoms with Crippen LogP contribution < -0.4 is 10.0 Å². The Morgan fingerprint density at radius 1 is 0.795 bits per heavy atom. The summed E-state index contributed by atoms with van der Waals surface area (Å²) in [4.78, 5) is 16.7. The maximum Gasteiger partial charge on any atom is 0.271 e. The fourth-order valence-electron chi connectivity index (χ4n) is 5.50. The van der Waals surface area contributed by atoms with Gasteiger partial charge in [0.2, 0.25) is 0 Å². The van der Waals surface area contributed by atoms with Gasteiger partial charge in [-0.3, -0.25) is 9.52 Å². The van der Waals surface area contributed by atoms with Crippen LogP contribution in [0.5, 0.6) is 0 Å². The van der Waals surface area contributed by atoms with E-state index < -0.39 is 14.8 Å². The molecule has 0 spiro atoms. The Hall–Kier alpha value is -4.31. The van der Waals surface area contributed by atoms with Crippen molar-refractivity contribution in [3.63, 3.8) is 0 Å². The molecule has 3 N–H and O–H groups in total. The van der Waals surface area contributed by atoms with Crippen LogP contribution in [0.1, 0.15) is 32.7 Å². The second-order valence-corrected chi connectivity index (χ2v) is 14.4. The summed E-state index contributed by atoms with van der Waals surface area (Å²) in [5.41, 5.74) is 5.63. The average Bonchev–Trinajstić information content (AvgIpc) is 3.73. The van der Waals surface area contributed by atoms with Gasteiger partial charge in [0.05, 0.1) is 16.0 Å². The molecule has 1 amide bonds. The standard InChI is InChI=1S/C35H31N3O3S3/c1-25-29-19-11-20-30(38-44(40,41)31-21-12-23-42-31)33(29)37-32(25)34(39)36-22-24-43-35(26-13-5-2-6-14-26,27-15-7-3-8-16-27)28-17-9-4-10-18-28/h2-21,23,37-38H,22,24H2,1H3,(H,36,39). The number of aromatic amines is 1. The van der Waals surface area contributed by atoms with E-state index in [4.69, 9.17) is 0 Å². The number of carbonyl (C=O) groups is 1. The summed E-state index contributed by atoms with van der Waals surface area (Å²) < 4.78 is 28.2. The lowest BCUT2D eigenvalue weighted by Gasteiger charge is -2.35. The van der Waals surface area contributed by atoms with Crippen LogP contribution >= 0.6 is 23.1 Å². The Kier molecular flexibility index (Phi) is 8.61. The van der Waals surface area contributed by atoms with Crippen LogP contribution in [0.3, 0.4) is 0 Å². The molecular formula is C35H31N3O3S3. The first-order valence-corrected chi connectivity index (χ1v) is 17.5. The molecule has 2 heterocycles. The first kappa shape index (κ1) is 29.7. The van der Waals surface area contributed by atoms with Crippen LogP contribution in [0.4, 0.5) is 5.69 Å². The van der Waals surface area contributed by atoms with Crippen molar-refractivity contribution in [2.75, 3.05) is 17.0 Å². The number of thioether (sulfide) groups is 1. The van der Waals surface area contributed by atoms with Crippen molar-refractivity contribution in [2.24, 2.45) is 0 Å². The fourth-order valence-corrected chi connectivity index (χ4v) is 8.99. The number of benzene rings is 4. The predicted molar refractivity (Wildman–Crippen MR) is 182 cm³/mol.